The fourth-order valence-corrected chi connectivity index (χ4v) is 4.44. The van der Waals surface area contributed by atoms with Crippen molar-refractivity contribution in [1.29, 1.82) is 0 Å². The van der Waals surface area contributed by atoms with Gasteiger partial charge >= 0.3 is 0 Å². The van der Waals surface area contributed by atoms with Gasteiger partial charge in [-0.2, -0.15) is 0 Å². The van der Waals surface area contributed by atoms with Gasteiger partial charge in [0.15, 0.2) is 0 Å². The van der Waals surface area contributed by atoms with E-state index in [0.717, 1.165) is 37.5 Å². The van der Waals surface area contributed by atoms with Crippen LogP contribution in [0.2, 0.25) is 0 Å². The van der Waals surface area contributed by atoms with Crippen molar-refractivity contribution in [3.8, 4) is 0 Å². The minimum atomic E-state index is -0.486. The first-order valence-corrected chi connectivity index (χ1v) is 12.7. The summed E-state index contributed by atoms with van der Waals surface area (Å²) in [5.74, 6) is -1.29. The van der Waals surface area contributed by atoms with Crippen LogP contribution in [0.25, 0.3) is 0 Å². The van der Waals surface area contributed by atoms with Gasteiger partial charge in [-0.25, -0.2) is 5.48 Å². The number of carbonyl (C=O) groups is 5. The molecule has 10 nitrogen and oxygen atoms in total. The molecule has 0 aliphatic carbocycles. The summed E-state index contributed by atoms with van der Waals surface area (Å²) >= 11 is 0. The first kappa shape index (κ1) is 28.7. The summed E-state index contributed by atoms with van der Waals surface area (Å²) in [6.45, 7) is 0.619. The summed E-state index contributed by atoms with van der Waals surface area (Å²) in [6.07, 6.45) is 5.13. The largest absolute Gasteiger partial charge is 0.348 e. The van der Waals surface area contributed by atoms with Gasteiger partial charge in [0.1, 0.15) is 6.29 Å². The van der Waals surface area contributed by atoms with E-state index in [-0.39, 0.29) is 36.6 Å². The molecule has 1 saturated heterocycles. The molecule has 2 aromatic rings. The van der Waals surface area contributed by atoms with Crippen LogP contribution < -0.4 is 16.1 Å². The van der Waals surface area contributed by atoms with E-state index < -0.39 is 6.04 Å². The number of aryl methyl sites for hydroxylation is 1. The number of piperidine rings is 1. The van der Waals surface area contributed by atoms with Crippen LogP contribution in [0.4, 0.5) is 0 Å². The molecular formula is C28H34N4O6. The second-order valence-corrected chi connectivity index (χ2v) is 9.51. The molecule has 1 aliphatic heterocycles. The predicted octanol–water partition coefficient (Wildman–Crippen LogP) is 2.27. The molecule has 4 amide bonds. The summed E-state index contributed by atoms with van der Waals surface area (Å²) in [5.41, 5.74) is 5.22. The number of aldehydes is 1. The highest BCUT2D eigenvalue weighted by atomic mass is 16.5. The molecule has 1 heterocycles. The van der Waals surface area contributed by atoms with Crippen LogP contribution in [0.5, 0.6) is 0 Å². The Kier molecular flexibility index (Phi) is 10.7. The molecule has 3 rings (SSSR count). The zero-order valence-corrected chi connectivity index (χ0v) is 21.5. The third kappa shape index (κ3) is 8.32. The van der Waals surface area contributed by atoms with Crippen molar-refractivity contribution >= 4 is 29.9 Å². The molecule has 0 bridgehead atoms. The average molecular weight is 523 g/mol. The van der Waals surface area contributed by atoms with Gasteiger partial charge in [-0.05, 0) is 61.6 Å². The molecule has 0 saturated carbocycles. The topological polar surface area (TPSA) is 145 Å². The molecule has 1 unspecified atom stereocenters. The van der Waals surface area contributed by atoms with Crippen LogP contribution in [0.1, 0.15) is 75.9 Å². The van der Waals surface area contributed by atoms with Gasteiger partial charge in [-0.3, -0.25) is 39.4 Å². The number of hydrogen-bond donors (Lipinski definition) is 4. The fraction of sp³-hybridized carbons (Fsp3) is 0.393. The summed E-state index contributed by atoms with van der Waals surface area (Å²) in [5, 5.41) is 13.7. The van der Waals surface area contributed by atoms with E-state index in [1.165, 1.54) is 5.56 Å². The predicted molar refractivity (Wildman–Crippen MR) is 139 cm³/mol. The lowest BCUT2D eigenvalue weighted by Crippen LogP contribution is -2.51. The van der Waals surface area contributed by atoms with Gasteiger partial charge in [-0.15, -0.1) is 0 Å². The number of nitrogens with one attached hydrogen (secondary N) is 3. The molecule has 10 heteroatoms. The third-order valence-electron chi connectivity index (χ3n) is 6.66. The first-order chi connectivity index (χ1) is 18.3. The maximum Gasteiger partial charge on any atom is 0.251 e. The molecule has 202 valence electrons. The van der Waals surface area contributed by atoms with Gasteiger partial charge in [0.25, 0.3) is 5.91 Å². The molecule has 38 heavy (non-hydrogen) atoms. The SMILES string of the molecule is CN(Cc1cc(C(=O)NCc2ccc(CCCCCC(=O)NO)cc2)ccc1C=O)C1CCC(=O)NC1=O. The number of amides is 4. The highest BCUT2D eigenvalue weighted by Gasteiger charge is 2.30. The quantitative estimate of drug-likeness (QED) is 0.104. The van der Waals surface area contributed by atoms with E-state index in [2.05, 4.69) is 10.6 Å². The lowest BCUT2D eigenvalue weighted by atomic mass is 10.0. The maximum atomic E-state index is 12.8. The molecule has 1 aliphatic rings. The fourth-order valence-electron chi connectivity index (χ4n) is 4.44. The summed E-state index contributed by atoms with van der Waals surface area (Å²) in [7, 11) is 1.75. The molecule has 1 atom stereocenters. The molecule has 0 spiro atoms. The second kappa shape index (κ2) is 14.2. The summed E-state index contributed by atoms with van der Waals surface area (Å²) in [6, 6.07) is 12.3. The van der Waals surface area contributed by atoms with Gasteiger partial charge in [0, 0.05) is 37.1 Å². The summed E-state index contributed by atoms with van der Waals surface area (Å²) in [4.78, 5) is 60.8. The zero-order valence-electron chi connectivity index (χ0n) is 21.5. The Morgan fingerprint density at radius 2 is 1.82 bits per heavy atom. The number of nitrogens with zero attached hydrogens (tertiary/aromatic N) is 1. The minimum Gasteiger partial charge on any atom is -0.348 e. The van der Waals surface area contributed by atoms with Crippen LogP contribution in [-0.4, -0.2) is 53.1 Å². The Labute approximate surface area is 221 Å². The number of likely N-dealkylation sites (N-methyl/N-ethyl adjacent to an activating group) is 1. The number of carbonyl (C=O) groups excluding carboxylic acids is 5. The Bertz CT molecular complexity index is 1160. The van der Waals surface area contributed by atoms with Crippen LogP contribution in [0.15, 0.2) is 42.5 Å². The molecule has 0 radical (unpaired) electrons. The van der Waals surface area contributed by atoms with Crippen molar-refractivity contribution < 1.29 is 29.2 Å². The van der Waals surface area contributed by atoms with E-state index in [9.17, 15) is 24.0 Å². The zero-order chi connectivity index (χ0) is 27.5. The van der Waals surface area contributed by atoms with E-state index in [0.29, 0.717) is 36.1 Å². The van der Waals surface area contributed by atoms with Crippen molar-refractivity contribution in [3.63, 3.8) is 0 Å². The van der Waals surface area contributed by atoms with Crippen molar-refractivity contribution in [3.05, 3.63) is 70.3 Å². The van der Waals surface area contributed by atoms with Crippen molar-refractivity contribution in [1.82, 2.24) is 21.0 Å². The van der Waals surface area contributed by atoms with Crippen molar-refractivity contribution in [2.24, 2.45) is 0 Å². The lowest BCUT2D eigenvalue weighted by molar-refractivity contribution is -0.137. The van der Waals surface area contributed by atoms with Gasteiger partial charge < -0.3 is 5.32 Å². The van der Waals surface area contributed by atoms with E-state index >= 15 is 0 Å². The van der Waals surface area contributed by atoms with Crippen molar-refractivity contribution in [2.75, 3.05) is 7.05 Å². The van der Waals surface area contributed by atoms with Crippen LogP contribution >= 0.6 is 0 Å². The standard InChI is InChI=1S/C28H34N4O6/c1-32(24-13-14-25(34)30-28(24)37)17-23-15-21(11-12-22(23)18-33)27(36)29-16-20-9-7-19(8-10-20)5-3-2-4-6-26(35)31-38/h7-12,15,18,24,38H,2-6,13-14,16-17H2,1H3,(H,29,36)(H,31,35)(H,30,34,37). The monoisotopic (exact) mass is 522 g/mol. The number of hydrogen-bond acceptors (Lipinski definition) is 7. The van der Waals surface area contributed by atoms with E-state index in [4.69, 9.17) is 5.21 Å². The number of hydroxylamine groups is 1. The smallest absolute Gasteiger partial charge is 0.251 e. The number of unbranched alkanes of at least 4 members (excludes halogenated alkanes) is 2. The van der Waals surface area contributed by atoms with E-state index in [1.807, 2.05) is 24.3 Å². The minimum absolute atomic E-state index is 0.260. The van der Waals surface area contributed by atoms with Crippen LogP contribution in [-0.2, 0) is 33.9 Å². The van der Waals surface area contributed by atoms with Crippen molar-refractivity contribution in [2.45, 2.75) is 64.1 Å². The Morgan fingerprint density at radius 1 is 1.08 bits per heavy atom. The lowest BCUT2D eigenvalue weighted by Gasteiger charge is -2.30. The summed E-state index contributed by atoms with van der Waals surface area (Å²) < 4.78 is 0. The molecule has 1 fully saturated rings. The molecular weight excluding hydrogens is 488 g/mol. The molecule has 0 aromatic heterocycles. The Balaban J connectivity index is 1.52. The van der Waals surface area contributed by atoms with Gasteiger partial charge in [0.05, 0.1) is 6.04 Å². The first-order valence-electron chi connectivity index (χ1n) is 12.7. The van der Waals surface area contributed by atoms with E-state index in [1.54, 1.807) is 35.6 Å². The van der Waals surface area contributed by atoms with Crippen LogP contribution in [0.3, 0.4) is 0 Å². The Hall–Kier alpha value is -3.89. The van der Waals surface area contributed by atoms with Crippen LogP contribution in [0, 0.1) is 0 Å². The molecule has 2 aromatic carbocycles. The number of rotatable bonds is 13. The average Bonchev–Trinajstić information content (AvgIpc) is 2.91. The number of imide groups is 1. The maximum absolute atomic E-state index is 12.8. The molecule has 4 N–H and O–H groups in total. The second-order valence-electron chi connectivity index (χ2n) is 9.51. The highest BCUT2D eigenvalue weighted by molar-refractivity contribution is 6.00. The van der Waals surface area contributed by atoms with Gasteiger partial charge in [-0.1, -0.05) is 36.8 Å². The highest BCUT2D eigenvalue weighted by Crippen LogP contribution is 2.18. The normalized spacial score (nSPS) is 15.2. The third-order valence-corrected chi connectivity index (χ3v) is 6.66. The Morgan fingerprint density at radius 3 is 2.50 bits per heavy atom. The van der Waals surface area contributed by atoms with Gasteiger partial charge in [0.2, 0.25) is 17.7 Å². The number of benzene rings is 2.